The fourth-order valence-electron chi connectivity index (χ4n) is 1.80. The zero-order valence-corrected chi connectivity index (χ0v) is 12.1. The first kappa shape index (κ1) is 13.9. The van der Waals surface area contributed by atoms with Gasteiger partial charge in [-0.15, -0.1) is 0 Å². The third-order valence-electron chi connectivity index (χ3n) is 2.72. The number of nitrogens with one attached hydrogen (secondary N) is 1. The van der Waals surface area contributed by atoms with Crippen molar-refractivity contribution in [1.29, 1.82) is 0 Å². The van der Waals surface area contributed by atoms with E-state index in [-0.39, 0.29) is 10.8 Å². The Morgan fingerprint density at radius 2 is 1.86 bits per heavy atom. The van der Waals surface area contributed by atoms with E-state index in [0.717, 1.165) is 0 Å². The van der Waals surface area contributed by atoms with Gasteiger partial charge in [-0.3, -0.25) is 9.78 Å². The monoisotopic (exact) mass is 325 g/mol. The highest BCUT2D eigenvalue weighted by atomic mass is 35.5. The summed E-state index contributed by atoms with van der Waals surface area (Å²) in [7, 11) is 0. The van der Waals surface area contributed by atoms with Crippen LogP contribution < -0.4 is 14.8 Å². The van der Waals surface area contributed by atoms with Gasteiger partial charge in [-0.2, -0.15) is 0 Å². The van der Waals surface area contributed by atoms with Crippen molar-refractivity contribution < 1.29 is 14.3 Å². The Labute approximate surface area is 130 Å². The van der Waals surface area contributed by atoms with Crippen LogP contribution in [-0.2, 0) is 0 Å². The van der Waals surface area contributed by atoms with Gasteiger partial charge in [0.15, 0.2) is 11.5 Å². The highest BCUT2D eigenvalue weighted by molar-refractivity contribution is 6.34. The number of halogens is 2. The molecule has 8 heteroatoms. The van der Waals surface area contributed by atoms with E-state index < -0.39 is 5.91 Å². The average Bonchev–Trinajstić information content (AvgIpc) is 2.48. The van der Waals surface area contributed by atoms with Crippen LogP contribution in [0.3, 0.4) is 0 Å². The molecule has 3 rings (SSSR count). The highest BCUT2D eigenvalue weighted by Crippen LogP contribution is 2.38. The summed E-state index contributed by atoms with van der Waals surface area (Å²) in [5.41, 5.74) is 0.487. The standard InChI is InChI=1S/C13H9Cl2N3O3/c14-7-3-10-11(21-2-1-20-10)4-8(7)18-13(19)9-5-16-6-12(15)17-9/h3-6H,1-2H2,(H,18,19). The van der Waals surface area contributed by atoms with Crippen LogP contribution in [0.15, 0.2) is 24.5 Å². The summed E-state index contributed by atoms with van der Waals surface area (Å²) in [4.78, 5) is 19.8. The van der Waals surface area contributed by atoms with Gasteiger partial charge < -0.3 is 14.8 Å². The Morgan fingerprint density at radius 1 is 1.14 bits per heavy atom. The van der Waals surface area contributed by atoms with Crippen molar-refractivity contribution in [3.63, 3.8) is 0 Å². The van der Waals surface area contributed by atoms with E-state index >= 15 is 0 Å². The van der Waals surface area contributed by atoms with Gasteiger partial charge >= 0.3 is 0 Å². The molecule has 1 aliphatic heterocycles. The Balaban J connectivity index is 1.86. The van der Waals surface area contributed by atoms with Gasteiger partial charge in [-0.25, -0.2) is 4.98 Å². The molecule has 0 bridgehead atoms. The number of hydrogen-bond acceptors (Lipinski definition) is 5. The third kappa shape index (κ3) is 3.01. The molecule has 0 spiro atoms. The van der Waals surface area contributed by atoms with Gasteiger partial charge in [0.1, 0.15) is 24.1 Å². The van der Waals surface area contributed by atoms with Gasteiger partial charge in [-0.1, -0.05) is 23.2 Å². The van der Waals surface area contributed by atoms with Crippen molar-refractivity contribution in [1.82, 2.24) is 9.97 Å². The van der Waals surface area contributed by atoms with Crippen LogP contribution in [0.5, 0.6) is 11.5 Å². The average molecular weight is 326 g/mol. The number of benzene rings is 1. The van der Waals surface area contributed by atoms with Crippen molar-refractivity contribution in [2.75, 3.05) is 18.5 Å². The number of carbonyl (C=O) groups excluding carboxylic acids is 1. The molecule has 6 nitrogen and oxygen atoms in total. The van der Waals surface area contributed by atoms with Crippen LogP contribution in [0.25, 0.3) is 0 Å². The van der Waals surface area contributed by atoms with E-state index in [1.54, 1.807) is 12.1 Å². The predicted molar refractivity (Wildman–Crippen MR) is 77.4 cm³/mol. The van der Waals surface area contributed by atoms with E-state index in [9.17, 15) is 4.79 Å². The fraction of sp³-hybridized carbons (Fsp3) is 0.154. The molecule has 2 heterocycles. The maximum absolute atomic E-state index is 12.1. The van der Waals surface area contributed by atoms with Crippen LogP contribution in [0, 0.1) is 0 Å². The smallest absolute Gasteiger partial charge is 0.275 e. The Morgan fingerprint density at radius 3 is 2.57 bits per heavy atom. The second-order valence-electron chi connectivity index (χ2n) is 4.16. The van der Waals surface area contributed by atoms with E-state index in [0.29, 0.717) is 35.4 Å². The Bertz CT molecular complexity index is 709. The minimum absolute atomic E-state index is 0.0912. The summed E-state index contributed by atoms with van der Waals surface area (Å²) >= 11 is 11.8. The fourth-order valence-corrected chi connectivity index (χ4v) is 2.15. The van der Waals surface area contributed by atoms with Gasteiger partial charge in [0, 0.05) is 12.1 Å². The van der Waals surface area contributed by atoms with E-state index in [4.69, 9.17) is 32.7 Å². The highest BCUT2D eigenvalue weighted by Gasteiger charge is 2.17. The number of ether oxygens (including phenoxy) is 2. The van der Waals surface area contributed by atoms with E-state index in [1.807, 2.05) is 0 Å². The summed E-state index contributed by atoms with van der Waals surface area (Å²) in [5.74, 6) is 0.605. The van der Waals surface area contributed by atoms with Crippen LogP contribution in [0.2, 0.25) is 10.2 Å². The largest absolute Gasteiger partial charge is 0.486 e. The molecular weight excluding hydrogens is 317 g/mol. The third-order valence-corrected chi connectivity index (χ3v) is 3.21. The van der Waals surface area contributed by atoms with Gasteiger partial charge in [0.25, 0.3) is 5.91 Å². The van der Waals surface area contributed by atoms with Gasteiger partial charge in [0.2, 0.25) is 0 Å². The molecule has 1 aromatic carbocycles. The molecule has 0 aliphatic carbocycles. The minimum atomic E-state index is -0.469. The lowest BCUT2D eigenvalue weighted by Crippen LogP contribution is -2.17. The second-order valence-corrected chi connectivity index (χ2v) is 4.95. The first-order chi connectivity index (χ1) is 10.1. The molecule has 0 saturated heterocycles. The maximum Gasteiger partial charge on any atom is 0.275 e. The lowest BCUT2D eigenvalue weighted by molar-refractivity contribution is 0.102. The first-order valence-corrected chi connectivity index (χ1v) is 6.77. The molecule has 0 radical (unpaired) electrons. The predicted octanol–water partition coefficient (Wildman–Crippen LogP) is 2.81. The number of fused-ring (bicyclic) bond motifs is 1. The minimum Gasteiger partial charge on any atom is -0.486 e. The summed E-state index contributed by atoms with van der Waals surface area (Å²) < 4.78 is 10.8. The number of rotatable bonds is 2. The molecule has 0 atom stereocenters. The lowest BCUT2D eigenvalue weighted by Gasteiger charge is -2.19. The number of hydrogen-bond donors (Lipinski definition) is 1. The summed E-state index contributed by atoms with van der Waals surface area (Å²) in [6.45, 7) is 0.912. The van der Waals surface area contributed by atoms with Crippen molar-refractivity contribution in [3.8, 4) is 11.5 Å². The molecule has 1 amide bonds. The molecule has 108 valence electrons. The molecule has 0 unspecified atom stereocenters. The van der Waals surface area contributed by atoms with Crippen LogP contribution in [0.1, 0.15) is 10.5 Å². The molecule has 0 saturated carbocycles. The molecule has 1 N–H and O–H groups in total. The van der Waals surface area contributed by atoms with Crippen LogP contribution in [0.4, 0.5) is 5.69 Å². The van der Waals surface area contributed by atoms with Crippen molar-refractivity contribution in [3.05, 3.63) is 40.4 Å². The summed E-state index contributed by atoms with van der Waals surface area (Å²) in [6, 6.07) is 3.20. The number of anilines is 1. The molecule has 21 heavy (non-hydrogen) atoms. The van der Waals surface area contributed by atoms with Crippen LogP contribution >= 0.6 is 23.2 Å². The summed E-state index contributed by atoms with van der Waals surface area (Å²) in [6.07, 6.45) is 2.66. The van der Waals surface area contributed by atoms with E-state index in [1.165, 1.54) is 12.4 Å². The zero-order chi connectivity index (χ0) is 14.8. The first-order valence-electron chi connectivity index (χ1n) is 6.01. The Kier molecular flexibility index (Phi) is 3.81. The number of carbonyl (C=O) groups is 1. The van der Waals surface area contributed by atoms with Gasteiger partial charge in [0.05, 0.1) is 23.1 Å². The van der Waals surface area contributed by atoms with Crippen molar-refractivity contribution in [2.24, 2.45) is 0 Å². The molecular formula is C13H9Cl2N3O3. The number of aromatic nitrogens is 2. The lowest BCUT2D eigenvalue weighted by atomic mass is 10.2. The van der Waals surface area contributed by atoms with Gasteiger partial charge in [-0.05, 0) is 0 Å². The molecule has 0 fully saturated rings. The summed E-state index contributed by atoms with van der Waals surface area (Å²) in [5, 5.41) is 3.11. The maximum atomic E-state index is 12.1. The van der Waals surface area contributed by atoms with E-state index in [2.05, 4.69) is 15.3 Å². The topological polar surface area (TPSA) is 73.3 Å². The number of amides is 1. The normalized spacial score (nSPS) is 12.9. The molecule has 1 aliphatic rings. The van der Waals surface area contributed by atoms with Crippen LogP contribution in [-0.4, -0.2) is 29.1 Å². The van der Waals surface area contributed by atoms with Crippen molar-refractivity contribution >= 4 is 34.8 Å². The zero-order valence-electron chi connectivity index (χ0n) is 10.6. The quantitative estimate of drug-likeness (QED) is 0.919. The Hall–Kier alpha value is -2.05. The second kappa shape index (κ2) is 5.75. The van der Waals surface area contributed by atoms with Crippen molar-refractivity contribution in [2.45, 2.75) is 0 Å². The number of nitrogens with zero attached hydrogens (tertiary/aromatic N) is 2. The molecule has 1 aromatic heterocycles. The SMILES string of the molecule is O=C(Nc1cc2c(cc1Cl)OCCO2)c1cncc(Cl)n1. The molecule has 2 aromatic rings.